The third-order valence-corrected chi connectivity index (χ3v) is 20.6. The Labute approximate surface area is 153 Å². The van der Waals surface area contributed by atoms with E-state index < -0.39 is 18.4 Å². The van der Waals surface area contributed by atoms with E-state index in [-0.39, 0.29) is 6.10 Å². The van der Waals surface area contributed by atoms with Crippen molar-refractivity contribution >= 4 is 18.4 Å². The summed E-state index contributed by atoms with van der Waals surface area (Å²) in [6, 6.07) is 10.8. The zero-order chi connectivity index (χ0) is 17.3. The van der Waals surface area contributed by atoms with E-state index in [1.54, 1.807) is 0 Å². The number of hydrogen-bond acceptors (Lipinski definition) is 1. The van der Waals surface area contributed by atoms with Gasteiger partial charge in [-0.1, -0.05) is 0 Å². The van der Waals surface area contributed by atoms with Gasteiger partial charge in [0.2, 0.25) is 0 Å². The van der Waals surface area contributed by atoms with Crippen molar-refractivity contribution < 1.29 is 4.74 Å². The molecule has 0 amide bonds. The Morgan fingerprint density at radius 3 is 1.92 bits per heavy atom. The molecule has 0 saturated heterocycles. The fourth-order valence-electron chi connectivity index (χ4n) is 3.97. The van der Waals surface area contributed by atoms with Crippen LogP contribution in [0.25, 0.3) is 0 Å². The Kier molecular flexibility index (Phi) is 8.72. The second kappa shape index (κ2) is 10.5. The third-order valence-electron chi connectivity index (χ3n) is 5.51. The fourth-order valence-corrected chi connectivity index (χ4v) is 19.7. The number of hydrogen-bond donors (Lipinski definition) is 0. The zero-order valence-corrected chi connectivity index (χ0v) is 18.9. The van der Waals surface area contributed by atoms with E-state index >= 15 is 0 Å². The van der Waals surface area contributed by atoms with Gasteiger partial charge in [0.15, 0.2) is 0 Å². The molecule has 2 rings (SSSR count). The molecule has 1 heterocycles. The van der Waals surface area contributed by atoms with Crippen molar-refractivity contribution in [1.29, 1.82) is 0 Å². The Morgan fingerprint density at radius 1 is 0.875 bits per heavy atom. The Hall–Kier alpha value is -0.441. The van der Waals surface area contributed by atoms with Crippen LogP contribution in [0.5, 0.6) is 0 Å². The van der Waals surface area contributed by atoms with Crippen LogP contribution in [-0.4, -0.2) is 18.4 Å². The summed E-state index contributed by atoms with van der Waals surface area (Å²) in [5, 5.41) is 0. The van der Waals surface area contributed by atoms with Gasteiger partial charge in [-0.05, 0) is 0 Å². The maximum atomic E-state index is 6.66. The first-order chi connectivity index (χ1) is 11.8. The normalized spacial score (nSPS) is 17.6. The average Bonchev–Trinajstić information content (AvgIpc) is 3.13. The molecule has 2 heteroatoms. The van der Waals surface area contributed by atoms with Crippen molar-refractivity contribution in [3.05, 3.63) is 45.7 Å². The van der Waals surface area contributed by atoms with Crippen LogP contribution in [0, 0.1) is 0 Å². The number of rotatable bonds is 11. The topological polar surface area (TPSA) is 9.23 Å². The fraction of sp³-hybridized carbons (Fsp3) is 0.636. The van der Waals surface area contributed by atoms with E-state index in [0.29, 0.717) is 0 Å². The zero-order valence-electron chi connectivity index (χ0n) is 16.0. The number of ether oxygens (including phenoxy) is 1. The molecule has 1 nitrogen and oxygen atoms in total. The molecule has 1 aromatic carbocycles. The molecule has 24 heavy (non-hydrogen) atoms. The van der Waals surface area contributed by atoms with Gasteiger partial charge >= 0.3 is 154 Å². The van der Waals surface area contributed by atoms with E-state index in [1.807, 2.05) is 0 Å². The maximum absolute atomic E-state index is 6.66. The monoisotopic (exact) mass is 436 g/mol. The van der Waals surface area contributed by atoms with Crippen LogP contribution < -0.4 is 0 Å². The molecular weight excluding hydrogens is 399 g/mol. The predicted molar refractivity (Wildman–Crippen MR) is 108 cm³/mol. The van der Waals surface area contributed by atoms with Crippen molar-refractivity contribution in [2.24, 2.45) is 0 Å². The summed E-state index contributed by atoms with van der Waals surface area (Å²) in [5.41, 5.74) is 1.35. The van der Waals surface area contributed by atoms with E-state index in [0.717, 1.165) is 6.42 Å². The van der Waals surface area contributed by atoms with E-state index in [2.05, 4.69) is 57.2 Å². The Morgan fingerprint density at radius 2 is 1.42 bits per heavy atom. The first-order valence-corrected chi connectivity index (χ1v) is 17.7. The molecule has 0 saturated carbocycles. The summed E-state index contributed by atoms with van der Waals surface area (Å²) in [4.78, 5) is 0. The molecule has 0 aliphatic carbocycles. The minimum absolute atomic E-state index is 0.280. The van der Waals surface area contributed by atoms with Crippen LogP contribution in [0.2, 0.25) is 13.3 Å². The summed E-state index contributed by atoms with van der Waals surface area (Å²) in [6.45, 7) is 7.02. The summed E-state index contributed by atoms with van der Waals surface area (Å²) >= 11 is -2.35. The first kappa shape index (κ1) is 19.9. The van der Waals surface area contributed by atoms with Gasteiger partial charge in [-0.25, -0.2) is 0 Å². The standard InChI is InChI=1S/C10H9O.3C4H9.Sn/c1-2-5-9(6-3-1)10-7-4-8-11-10;3*1-3-4-2;/h1-6,10H,7H2;3*1,3-4H2,2H3;. The molecule has 0 radical (unpaired) electrons. The van der Waals surface area contributed by atoms with Crippen LogP contribution >= 0.6 is 0 Å². The van der Waals surface area contributed by atoms with Gasteiger partial charge in [0.1, 0.15) is 0 Å². The molecule has 0 fully saturated rings. The molecule has 134 valence electrons. The molecule has 0 bridgehead atoms. The second-order valence-corrected chi connectivity index (χ2v) is 20.4. The summed E-state index contributed by atoms with van der Waals surface area (Å²) in [5.74, 6) is 0. The van der Waals surface area contributed by atoms with Crippen molar-refractivity contribution in [1.82, 2.24) is 0 Å². The molecule has 0 spiro atoms. The molecule has 1 aliphatic rings. The summed E-state index contributed by atoms with van der Waals surface area (Å²) in [7, 11) is 0. The molecular formula is C22H36OSn. The Bertz CT molecular complexity index is 472. The van der Waals surface area contributed by atoms with Crippen molar-refractivity contribution in [3.63, 3.8) is 0 Å². The van der Waals surface area contributed by atoms with Crippen LogP contribution in [0.4, 0.5) is 0 Å². The number of benzene rings is 1. The molecule has 1 aromatic rings. The van der Waals surface area contributed by atoms with Crippen LogP contribution in [0.3, 0.4) is 0 Å². The van der Waals surface area contributed by atoms with Gasteiger partial charge < -0.3 is 0 Å². The van der Waals surface area contributed by atoms with Crippen molar-refractivity contribution in [2.75, 3.05) is 0 Å². The summed E-state index contributed by atoms with van der Waals surface area (Å²) < 4.78 is 12.7. The second-order valence-electron chi connectivity index (χ2n) is 7.41. The van der Waals surface area contributed by atoms with Crippen LogP contribution in [0.15, 0.2) is 40.2 Å². The molecule has 0 aromatic heterocycles. The molecule has 1 atom stereocenters. The quantitative estimate of drug-likeness (QED) is 0.329. The van der Waals surface area contributed by atoms with Gasteiger partial charge in [0.25, 0.3) is 0 Å². The van der Waals surface area contributed by atoms with E-state index in [1.165, 1.54) is 61.2 Å². The van der Waals surface area contributed by atoms with Crippen molar-refractivity contribution in [3.8, 4) is 0 Å². The van der Waals surface area contributed by atoms with Gasteiger partial charge in [0, 0.05) is 0 Å². The number of unbranched alkanes of at least 4 members (excludes halogenated alkanes) is 3. The van der Waals surface area contributed by atoms with Gasteiger partial charge in [0.05, 0.1) is 0 Å². The average molecular weight is 435 g/mol. The van der Waals surface area contributed by atoms with Gasteiger partial charge in [-0.3, -0.25) is 0 Å². The third kappa shape index (κ3) is 5.28. The minimum atomic E-state index is -2.35. The van der Waals surface area contributed by atoms with E-state index in [9.17, 15) is 0 Å². The van der Waals surface area contributed by atoms with Crippen LogP contribution in [-0.2, 0) is 4.74 Å². The molecule has 0 N–H and O–H groups in total. The van der Waals surface area contributed by atoms with Crippen molar-refractivity contribution in [2.45, 2.75) is 85.1 Å². The predicted octanol–water partition coefficient (Wildman–Crippen LogP) is 7.42. The van der Waals surface area contributed by atoms with Gasteiger partial charge in [-0.2, -0.15) is 0 Å². The van der Waals surface area contributed by atoms with E-state index in [4.69, 9.17) is 4.74 Å². The first-order valence-electron chi connectivity index (χ1n) is 10.2. The molecule has 1 aliphatic heterocycles. The summed E-state index contributed by atoms with van der Waals surface area (Å²) in [6.07, 6.45) is 12.1. The Balaban J connectivity index is 2.15. The van der Waals surface area contributed by atoms with Crippen LogP contribution in [0.1, 0.15) is 77.4 Å². The SMILES string of the molecule is CCC[CH2][Sn]([CH2]CCC)([CH2]CCC)[C]1=CCC(c2ccccc2)O1. The molecule has 1 unspecified atom stereocenters. The van der Waals surface area contributed by atoms with Gasteiger partial charge in [-0.15, -0.1) is 0 Å².